The van der Waals surface area contributed by atoms with E-state index in [9.17, 15) is 18.0 Å². The van der Waals surface area contributed by atoms with Crippen molar-refractivity contribution in [3.05, 3.63) is 0 Å². The molecule has 0 aromatic rings. The van der Waals surface area contributed by atoms with E-state index < -0.39 is 12.7 Å². The Morgan fingerprint density at radius 1 is 1.30 bits per heavy atom. The quantitative estimate of drug-likeness (QED) is 0.610. The topological polar surface area (TPSA) is 32.8 Å². The van der Waals surface area contributed by atoms with Gasteiger partial charge in [-0.15, -0.1) is 0 Å². The third kappa shape index (κ3) is 9.14. The number of ether oxygens (including phenoxy) is 1. The first-order valence-corrected chi connectivity index (χ1v) is 6.75. The zero-order valence-electron chi connectivity index (χ0n) is 12.7. The summed E-state index contributed by atoms with van der Waals surface area (Å²) in [7, 11) is 3.19. The average Bonchev–Trinajstić information content (AvgIpc) is 2.34. The van der Waals surface area contributed by atoms with Crippen molar-refractivity contribution in [1.82, 2.24) is 9.80 Å². The summed E-state index contributed by atoms with van der Waals surface area (Å²) in [4.78, 5) is 14.6. The van der Waals surface area contributed by atoms with E-state index >= 15 is 0 Å². The van der Waals surface area contributed by atoms with Crippen LogP contribution in [0.4, 0.5) is 13.2 Å². The van der Waals surface area contributed by atoms with Crippen LogP contribution in [0.5, 0.6) is 0 Å². The normalized spacial score (nSPS) is 13.8. The highest BCUT2D eigenvalue weighted by molar-refractivity contribution is 5.71. The first kappa shape index (κ1) is 19.2. The molecule has 1 atom stereocenters. The zero-order valence-corrected chi connectivity index (χ0v) is 12.7. The molecule has 0 rings (SSSR count). The summed E-state index contributed by atoms with van der Waals surface area (Å²) in [6.07, 6.45) is -3.52. The molecule has 20 heavy (non-hydrogen) atoms. The van der Waals surface area contributed by atoms with Crippen molar-refractivity contribution >= 4 is 5.97 Å². The van der Waals surface area contributed by atoms with Gasteiger partial charge in [-0.05, 0) is 33.1 Å². The number of hydrogen-bond donors (Lipinski definition) is 0. The van der Waals surface area contributed by atoms with Gasteiger partial charge in [-0.2, -0.15) is 13.2 Å². The monoisotopic (exact) mass is 298 g/mol. The lowest BCUT2D eigenvalue weighted by Gasteiger charge is -2.24. The SMILES string of the molecule is CCN(CCCN(C)C[C@@H](C)C(=O)OC)CC(F)(F)F. The summed E-state index contributed by atoms with van der Waals surface area (Å²) in [5.41, 5.74) is 0. The molecule has 0 aromatic carbocycles. The number of rotatable bonds is 9. The second kappa shape index (κ2) is 9.18. The molecule has 0 saturated heterocycles. The number of halogens is 3. The van der Waals surface area contributed by atoms with Crippen LogP contribution in [0.1, 0.15) is 20.3 Å². The molecule has 0 fully saturated rings. The molecule has 0 aliphatic carbocycles. The molecule has 0 saturated carbocycles. The van der Waals surface area contributed by atoms with Crippen molar-refractivity contribution in [2.45, 2.75) is 26.4 Å². The molecule has 0 aliphatic heterocycles. The van der Waals surface area contributed by atoms with Gasteiger partial charge in [0.2, 0.25) is 0 Å². The van der Waals surface area contributed by atoms with Gasteiger partial charge in [0.05, 0.1) is 19.6 Å². The van der Waals surface area contributed by atoms with Crippen LogP contribution >= 0.6 is 0 Å². The zero-order chi connectivity index (χ0) is 15.8. The maximum Gasteiger partial charge on any atom is 0.401 e. The highest BCUT2D eigenvalue weighted by atomic mass is 19.4. The van der Waals surface area contributed by atoms with Crippen LogP contribution in [0.3, 0.4) is 0 Å². The maximum absolute atomic E-state index is 12.3. The summed E-state index contributed by atoms with van der Waals surface area (Å²) in [6.45, 7) is 4.58. The van der Waals surface area contributed by atoms with Gasteiger partial charge in [-0.25, -0.2) is 0 Å². The van der Waals surface area contributed by atoms with Gasteiger partial charge in [0.15, 0.2) is 0 Å². The number of alkyl halides is 3. The predicted octanol–water partition coefficient (Wildman–Crippen LogP) is 2.00. The van der Waals surface area contributed by atoms with Crippen molar-refractivity contribution in [1.29, 1.82) is 0 Å². The van der Waals surface area contributed by atoms with Gasteiger partial charge in [-0.3, -0.25) is 9.69 Å². The lowest BCUT2D eigenvalue weighted by molar-refractivity contribution is -0.146. The second-order valence-corrected chi connectivity index (χ2v) is 5.02. The Labute approximate surface area is 118 Å². The minimum atomic E-state index is -4.15. The largest absolute Gasteiger partial charge is 0.469 e. The average molecular weight is 298 g/mol. The van der Waals surface area contributed by atoms with Crippen molar-refractivity contribution < 1.29 is 22.7 Å². The summed E-state index contributed by atoms with van der Waals surface area (Å²) >= 11 is 0. The highest BCUT2D eigenvalue weighted by Gasteiger charge is 2.29. The Balaban J connectivity index is 3.94. The van der Waals surface area contributed by atoms with Crippen LogP contribution in [-0.2, 0) is 9.53 Å². The number of methoxy groups -OCH3 is 1. The van der Waals surface area contributed by atoms with Crippen molar-refractivity contribution in [2.24, 2.45) is 5.92 Å². The first-order chi connectivity index (χ1) is 9.19. The Hall–Kier alpha value is -0.820. The third-order valence-corrected chi connectivity index (χ3v) is 3.05. The smallest absolute Gasteiger partial charge is 0.401 e. The van der Waals surface area contributed by atoms with E-state index in [-0.39, 0.29) is 11.9 Å². The molecule has 0 heterocycles. The molecular weight excluding hydrogens is 273 g/mol. The molecule has 0 unspecified atom stereocenters. The van der Waals surface area contributed by atoms with Crippen LogP contribution in [0.15, 0.2) is 0 Å². The molecule has 4 nitrogen and oxygen atoms in total. The lowest BCUT2D eigenvalue weighted by Crippen LogP contribution is -2.36. The Bertz CT molecular complexity index is 285. The molecule has 7 heteroatoms. The van der Waals surface area contributed by atoms with Gasteiger partial charge in [0.25, 0.3) is 0 Å². The fourth-order valence-electron chi connectivity index (χ4n) is 2.00. The number of nitrogens with zero attached hydrogens (tertiary/aromatic N) is 2. The molecule has 0 bridgehead atoms. The highest BCUT2D eigenvalue weighted by Crippen LogP contribution is 2.16. The van der Waals surface area contributed by atoms with Crippen LogP contribution < -0.4 is 0 Å². The van der Waals surface area contributed by atoms with Crippen LogP contribution in [0.25, 0.3) is 0 Å². The predicted molar refractivity (Wildman–Crippen MR) is 71.5 cm³/mol. The van der Waals surface area contributed by atoms with Crippen LogP contribution in [0, 0.1) is 5.92 Å². The Morgan fingerprint density at radius 3 is 2.35 bits per heavy atom. The van der Waals surface area contributed by atoms with E-state index in [0.717, 1.165) is 0 Å². The van der Waals surface area contributed by atoms with Gasteiger partial charge in [0.1, 0.15) is 0 Å². The third-order valence-electron chi connectivity index (χ3n) is 3.05. The summed E-state index contributed by atoms with van der Waals surface area (Å²) < 4.78 is 41.5. The number of carbonyl (C=O) groups is 1. The summed E-state index contributed by atoms with van der Waals surface area (Å²) in [6, 6.07) is 0. The van der Waals surface area contributed by atoms with Crippen molar-refractivity contribution in [3.63, 3.8) is 0 Å². The van der Waals surface area contributed by atoms with Crippen molar-refractivity contribution in [2.75, 3.05) is 46.9 Å². The van der Waals surface area contributed by atoms with E-state index in [1.54, 1.807) is 13.8 Å². The molecule has 0 aliphatic rings. The van der Waals surface area contributed by atoms with E-state index in [2.05, 4.69) is 4.74 Å². The van der Waals surface area contributed by atoms with Crippen molar-refractivity contribution in [3.8, 4) is 0 Å². The minimum Gasteiger partial charge on any atom is -0.469 e. The van der Waals surface area contributed by atoms with E-state index in [0.29, 0.717) is 32.6 Å². The lowest BCUT2D eigenvalue weighted by atomic mass is 10.1. The molecule has 0 aromatic heterocycles. The minimum absolute atomic E-state index is 0.234. The number of hydrogen-bond acceptors (Lipinski definition) is 4. The van der Waals surface area contributed by atoms with E-state index in [1.807, 2.05) is 11.9 Å². The molecule has 0 radical (unpaired) electrons. The fraction of sp³-hybridized carbons (Fsp3) is 0.923. The van der Waals surface area contributed by atoms with E-state index in [4.69, 9.17) is 0 Å². The molecule has 0 amide bonds. The maximum atomic E-state index is 12.3. The van der Waals surface area contributed by atoms with Gasteiger partial charge >= 0.3 is 12.1 Å². The number of esters is 1. The van der Waals surface area contributed by atoms with E-state index in [1.165, 1.54) is 12.0 Å². The van der Waals surface area contributed by atoms with Gasteiger partial charge in [0, 0.05) is 6.54 Å². The van der Waals surface area contributed by atoms with Crippen LogP contribution in [-0.4, -0.2) is 68.8 Å². The molecular formula is C13H25F3N2O2. The molecule has 120 valence electrons. The summed E-state index contributed by atoms with van der Waals surface area (Å²) in [5.74, 6) is -0.508. The van der Waals surface area contributed by atoms with Gasteiger partial charge in [-0.1, -0.05) is 13.8 Å². The Morgan fingerprint density at radius 2 is 1.90 bits per heavy atom. The second-order valence-electron chi connectivity index (χ2n) is 5.02. The Kier molecular flexibility index (Phi) is 8.80. The molecule has 0 spiro atoms. The standard InChI is InChI=1S/C13H25F3N2O2/c1-5-18(10-13(14,15)16)8-6-7-17(3)9-11(2)12(19)20-4/h11H,5-10H2,1-4H3/t11-/m1/s1. The fourth-order valence-corrected chi connectivity index (χ4v) is 2.00. The summed E-state index contributed by atoms with van der Waals surface area (Å²) in [5, 5.41) is 0. The van der Waals surface area contributed by atoms with Gasteiger partial charge < -0.3 is 9.64 Å². The molecule has 0 N–H and O–H groups in total. The number of carbonyl (C=O) groups excluding carboxylic acids is 1. The van der Waals surface area contributed by atoms with Crippen LogP contribution in [0.2, 0.25) is 0 Å². The first-order valence-electron chi connectivity index (χ1n) is 6.75.